The van der Waals surface area contributed by atoms with Gasteiger partial charge in [0, 0.05) is 0 Å². The summed E-state index contributed by atoms with van der Waals surface area (Å²) in [5, 5.41) is 8.44. The summed E-state index contributed by atoms with van der Waals surface area (Å²) < 4.78 is 51.3. The van der Waals surface area contributed by atoms with E-state index >= 15 is 0 Å². The molecule has 1 rings (SSSR count). The third kappa shape index (κ3) is 7.70. The maximum atomic E-state index is 12.3. The number of halogens is 6. The number of rotatable bonds is 0. The van der Waals surface area contributed by atoms with E-state index in [-0.39, 0.29) is 10.7 Å². The van der Waals surface area contributed by atoms with Crippen molar-refractivity contribution in [2.75, 3.05) is 0 Å². The van der Waals surface area contributed by atoms with Crippen LogP contribution in [0, 0.1) is 11.2 Å². The molecule has 1 aromatic carbocycles. The minimum Gasteiger partial charge on any atom is -0.418 e. The van der Waals surface area contributed by atoms with E-state index in [4.69, 9.17) is 17.0 Å². The van der Waals surface area contributed by atoms with Crippen LogP contribution in [0.3, 0.4) is 0 Å². The fourth-order valence-corrected chi connectivity index (χ4v) is 0.718. The van der Waals surface area contributed by atoms with Crippen LogP contribution in [0.1, 0.15) is 0 Å². The monoisotopic (exact) mass is 244 g/mol. The SMILES string of the molecule is F[B-](F)(F)F.N#[N+]c1cc(F)ccc1Cl. The van der Waals surface area contributed by atoms with Crippen molar-refractivity contribution in [1.82, 2.24) is 0 Å². The lowest BCUT2D eigenvalue weighted by Gasteiger charge is -1.94. The minimum absolute atomic E-state index is 0.0432. The summed E-state index contributed by atoms with van der Waals surface area (Å²) >= 11 is 5.48. The second-order valence-corrected chi connectivity index (χ2v) is 2.60. The van der Waals surface area contributed by atoms with Crippen molar-refractivity contribution in [3.63, 3.8) is 0 Å². The Bertz CT molecular complexity index is 369. The molecule has 0 amide bonds. The van der Waals surface area contributed by atoms with Crippen LogP contribution >= 0.6 is 11.6 Å². The van der Waals surface area contributed by atoms with Gasteiger partial charge in [-0.15, -0.1) is 0 Å². The normalized spacial score (nSPS) is 9.93. The molecule has 82 valence electrons. The molecule has 0 radical (unpaired) electrons. The van der Waals surface area contributed by atoms with E-state index in [1.54, 1.807) is 0 Å². The second kappa shape index (κ2) is 5.51. The Morgan fingerprint density at radius 2 is 1.67 bits per heavy atom. The number of benzene rings is 1. The van der Waals surface area contributed by atoms with Gasteiger partial charge >= 0.3 is 12.9 Å². The van der Waals surface area contributed by atoms with Gasteiger partial charge in [-0.1, -0.05) is 11.6 Å². The van der Waals surface area contributed by atoms with Crippen molar-refractivity contribution in [1.29, 1.82) is 5.39 Å². The zero-order valence-electron chi connectivity index (χ0n) is 6.97. The molecule has 0 atom stereocenters. The first-order valence-corrected chi connectivity index (χ1v) is 3.79. The lowest BCUT2D eigenvalue weighted by Crippen LogP contribution is -2.02. The Balaban J connectivity index is 0.000000336. The molecule has 0 N–H and O–H groups in total. The molecule has 0 aliphatic carbocycles. The summed E-state index contributed by atoms with van der Waals surface area (Å²) in [5.41, 5.74) is 0.0432. The van der Waals surface area contributed by atoms with Crippen LogP contribution in [0.5, 0.6) is 0 Å². The van der Waals surface area contributed by atoms with Gasteiger partial charge in [-0.3, -0.25) is 0 Å². The standard InChI is InChI=1S/C6H3ClFN2.BF4/c7-5-2-1-4(8)3-6(5)10-9;2-1(3,4)5/h1-3H;/q+1;-1. The predicted molar refractivity (Wildman–Crippen MR) is 46.3 cm³/mol. The Morgan fingerprint density at radius 1 is 1.20 bits per heavy atom. The van der Waals surface area contributed by atoms with Gasteiger partial charge in [0.05, 0.1) is 6.07 Å². The third-order valence-electron chi connectivity index (χ3n) is 1.02. The van der Waals surface area contributed by atoms with Crippen molar-refractivity contribution in [3.05, 3.63) is 34.0 Å². The quantitative estimate of drug-likeness (QED) is 0.380. The number of diazo groups is 1. The zero-order chi connectivity index (χ0) is 12.1. The fourth-order valence-electron chi connectivity index (χ4n) is 0.562. The molecule has 0 aromatic heterocycles. The molecular formula is C6H3BClF5N2. The van der Waals surface area contributed by atoms with Crippen LogP contribution in [0.2, 0.25) is 5.02 Å². The van der Waals surface area contributed by atoms with E-state index in [2.05, 4.69) is 4.98 Å². The highest BCUT2D eigenvalue weighted by atomic mass is 35.5. The van der Waals surface area contributed by atoms with Gasteiger partial charge in [0.25, 0.3) is 0 Å². The lowest BCUT2D eigenvalue weighted by molar-refractivity contribution is 0.368. The summed E-state index contributed by atoms with van der Waals surface area (Å²) in [4.78, 5) is 2.76. The summed E-state index contributed by atoms with van der Waals surface area (Å²) in [6.45, 7) is 0. The van der Waals surface area contributed by atoms with Crippen LogP contribution in [0.4, 0.5) is 27.3 Å². The van der Waals surface area contributed by atoms with Crippen molar-refractivity contribution < 1.29 is 21.7 Å². The summed E-state index contributed by atoms with van der Waals surface area (Å²) in [5.74, 6) is -0.475. The van der Waals surface area contributed by atoms with Gasteiger partial charge < -0.3 is 17.3 Å². The maximum Gasteiger partial charge on any atom is 0.673 e. The first-order valence-electron chi connectivity index (χ1n) is 3.41. The van der Waals surface area contributed by atoms with Crippen LogP contribution in [0.15, 0.2) is 18.2 Å². The highest BCUT2D eigenvalue weighted by molar-refractivity contribution is 6.50. The molecule has 0 saturated heterocycles. The number of nitrogens with zero attached hydrogens (tertiary/aromatic N) is 2. The van der Waals surface area contributed by atoms with E-state index in [0.29, 0.717) is 0 Å². The largest absolute Gasteiger partial charge is 0.673 e. The molecule has 0 bridgehead atoms. The van der Waals surface area contributed by atoms with Gasteiger partial charge in [-0.2, -0.15) is 0 Å². The molecule has 0 aliphatic rings. The van der Waals surface area contributed by atoms with Gasteiger partial charge in [0.2, 0.25) is 5.39 Å². The van der Waals surface area contributed by atoms with Gasteiger partial charge in [0.15, 0.2) is 4.98 Å². The number of hydrogen-bond donors (Lipinski definition) is 0. The van der Waals surface area contributed by atoms with Crippen LogP contribution < -0.4 is 0 Å². The smallest absolute Gasteiger partial charge is 0.418 e. The first kappa shape index (κ1) is 13.6. The van der Waals surface area contributed by atoms with E-state index in [0.717, 1.165) is 6.07 Å². The van der Waals surface area contributed by atoms with Gasteiger partial charge in [-0.25, -0.2) is 4.39 Å². The number of hydrogen-bond acceptors (Lipinski definition) is 1. The van der Waals surface area contributed by atoms with Crippen molar-refractivity contribution >= 4 is 24.5 Å². The van der Waals surface area contributed by atoms with Crippen molar-refractivity contribution in [2.24, 2.45) is 0 Å². The third-order valence-corrected chi connectivity index (χ3v) is 1.34. The minimum atomic E-state index is -6.00. The Kier molecular flexibility index (Phi) is 5.01. The van der Waals surface area contributed by atoms with Gasteiger partial charge in [0.1, 0.15) is 10.8 Å². The molecule has 0 unspecified atom stereocenters. The Labute approximate surface area is 86.4 Å². The van der Waals surface area contributed by atoms with Crippen molar-refractivity contribution in [3.8, 4) is 0 Å². The Morgan fingerprint density at radius 3 is 2.00 bits per heavy atom. The van der Waals surface area contributed by atoms with Crippen LogP contribution in [0.25, 0.3) is 4.98 Å². The molecule has 0 fully saturated rings. The second-order valence-electron chi connectivity index (χ2n) is 2.19. The zero-order valence-corrected chi connectivity index (χ0v) is 7.73. The predicted octanol–water partition coefficient (Wildman–Crippen LogP) is 4.26. The molecule has 1 aromatic rings. The first-order chi connectivity index (χ1) is 6.74. The van der Waals surface area contributed by atoms with Crippen LogP contribution in [-0.4, -0.2) is 7.25 Å². The van der Waals surface area contributed by atoms with E-state index in [9.17, 15) is 21.7 Å². The fraction of sp³-hybridized carbons (Fsp3) is 0. The molecule has 9 heteroatoms. The van der Waals surface area contributed by atoms with Gasteiger partial charge in [-0.05, 0) is 12.1 Å². The van der Waals surface area contributed by atoms with Crippen LogP contribution in [-0.2, 0) is 0 Å². The van der Waals surface area contributed by atoms with E-state index in [1.807, 2.05) is 0 Å². The maximum absolute atomic E-state index is 12.3. The summed E-state index contributed by atoms with van der Waals surface area (Å²) in [6, 6.07) is 3.56. The topological polar surface area (TPSA) is 28.1 Å². The highest BCUT2D eigenvalue weighted by Gasteiger charge is 2.20. The summed E-state index contributed by atoms with van der Waals surface area (Å²) in [7, 11) is -6.00. The molecule has 0 heterocycles. The Hall–Kier alpha value is -1.36. The molecule has 0 spiro atoms. The average molecular weight is 244 g/mol. The molecule has 0 aliphatic heterocycles. The van der Waals surface area contributed by atoms with E-state index < -0.39 is 13.1 Å². The average Bonchev–Trinajstić information content (AvgIpc) is 2.06. The van der Waals surface area contributed by atoms with E-state index in [1.165, 1.54) is 12.1 Å². The highest BCUT2D eigenvalue weighted by Crippen LogP contribution is 2.24. The van der Waals surface area contributed by atoms with Crippen molar-refractivity contribution in [2.45, 2.75) is 0 Å². The lowest BCUT2D eigenvalue weighted by atomic mass is 10.3. The molecule has 15 heavy (non-hydrogen) atoms. The molecule has 0 saturated carbocycles. The summed E-state index contributed by atoms with van der Waals surface area (Å²) in [6.07, 6.45) is 0. The molecular weight excluding hydrogens is 241 g/mol. The molecule has 2 nitrogen and oxygen atoms in total.